The molecule has 0 atom stereocenters. The zero-order valence-electron chi connectivity index (χ0n) is 9.16. The van der Waals surface area contributed by atoms with Crippen molar-refractivity contribution in [1.82, 2.24) is 4.72 Å². The van der Waals surface area contributed by atoms with Gasteiger partial charge in [-0.3, -0.25) is 8.98 Å². The summed E-state index contributed by atoms with van der Waals surface area (Å²) in [6.45, 7) is 2.96. The van der Waals surface area contributed by atoms with E-state index in [2.05, 4.69) is 4.18 Å². The molecule has 0 radical (unpaired) electrons. The number of hydrogen-bond acceptors (Lipinski definition) is 4. The Morgan fingerprint density at radius 3 is 2.42 bits per heavy atom. The molecule has 0 saturated heterocycles. The first-order chi connectivity index (χ1) is 4.98. The Morgan fingerprint density at radius 2 is 2.08 bits per heavy atom. The molecule has 1 N–H and O–H groups in total. The second kappa shape index (κ2) is 7.08. The van der Waals surface area contributed by atoms with Gasteiger partial charge in [-0.15, -0.1) is 0 Å². The summed E-state index contributed by atoms with van der Waals surface area (Å²) in [4.78, 5) is 10.3. The summed E-state index contributed by atoms with van der Waals surface area (Å²) in [5, 5.41) is 0. The average Bonchev–Trinajstić information content (AvgIpc) is 1.81. The van der Waals surface area contributed by atoms with E-state index in [1.54, 1.807) is 11.6 Å². The summed E-state index contributed by atoms with van der Waals surface area (Å²) in [7, 11) is -3.84. The first-order valence-corrected chi connectivity index (χ1v) is 4.56. The standard InChI is InChI=1S/C5H11NO4S.Ca.2H/c1-3-4-10-11(8,9)6-5(2)7;;;/h3-4H2,1-2H3,(H,6,7);;;/q;+2;2*-1. The van der Waals surface area contributed by atoms with Crippen molar-refractivity contribution >= 4 is 53.9 Å². The van der Waals surface area contributed by atoms with Gasteiger partial charge in [0.05, 0.1) is 6.61 Å². The monoisotopic (exact) mass is 223 g/mol. The molecule has 0 aromatic heterocycles. The molecule has 0 saturated carbocycles. The first-order valence-electron chi connectivity index (χ1n) is 3.15. The van der Waals surface area contributed by atoms with Crippen molar-refractivity contribution in [3.05, 3.63) is 0 Å². The Morgan fingerprint density at radius 1 is 1.58 bits per heavy atom. The minimum absolute atomic E-state index is 0. The Balaban J connectivity index is -0.000000167. The van der Waals surface area contributed by atoms with E-state index in [0.29, 0.717) is 6.42 Å². The third kappa shape index (κ3) is 8.73. The van der Waals surface area contributed by atoms with E-state index in [4.69, 9.17) is 0 Å². The van der Waals surface area contributed by atoms with Crippen LogP contribution in [0.15, 0.2) is 0 Å². The molecule has 0 unspecified atom stereocenters. The normalized spacial score (nSPS) is 10.2. The fourth-order valence-electron chi connectivity index (χ4n) is 0.399. The maximum absolute atomic E-state index is 10.6. The van der Waals surface area contributed by atoms with E-state index in [1.165, 1.54) is 0 Å². The van der Waals surface area contributed by atoms with Crippen LogP contribution in [0.2, 0.25) is 0 Å². The molecule has 0 aromatic carbocycles. The molecule has 0 aromatic rings. The topological polar surface area (TPSA) is 72.5 Å². The summed E-state index contributed by atoms with van der Waals surface area (Å²) in [5.74, 6) is -0.652. The van der Waals surface area contributed by atoms with Crippen LogP contribution < -0.4 is 4.72 Å². The quantitative estimate of drug-likeness (QED) is 0.660. The molecule has 0 spiro atoms. The number of hydrogen-bond donors (Lipinski definition) is 1. The van der Waals surface area contributed by atoms with Crippen LogP contribution in [0.1, 0.15) is 23.1 Å². The van der Waals surface area contributed by atoms with Gasteiger partial charge < -0.3 is 2.85 Å². The van der Waals surface area contributed by atoms with Crippen LogP contribution in [0.5, 0.6) is 0 Å². The molecule has 70 valence electrons. The number of nitrogens with one attached hydrogen (secondary N) is 1. The maximum Gasteiger partial charge on any atom is 2.00 e. The van der Waals surface area contributed by atoms with Gasteiger partial charge in [0.2, 0.25) is 5.91 Å². The molecule has 1 amide bonds. The summed E-state index contributed by atoms with van der Waals surface area (Å²) >= 11 is 0. The molecule has 0 rings (SSSR count). The first kappa shape index (κ1) is 15.1. The molecule has 12 heavy (non-hydrogen) atoms. The molecule has 0 fully saturated rings. The van der Waals surface area contributed by atoms with E-state index in [-0.39, 0.29) is 47.2 Å². The molecule has 5 nitrogen and oxygen atoms in total. The van der Waals surface area contributed by atoms with Crippen LogP contribution in [-0.2, 0) is 19.3 Å². The van der Waals surface area contributed by atoms with E-state index >= 15 is 0 Å². The smallest absolute Gasteiger partial charge is 1.00 e. The van der Waals surface area contributed by atoms with Crippen molar-refractivity contribution in [2.45, 2.75) is 20.3 Å². The molecule has 0 aliphatic carbocycles. The third-order valence-electron chi connectivity index (χ3n) is 0.711. The fraction of sp³-hybridized carbons (Fsp3) is 0.800. The van der Waals surface area contributed by atoms with Crippen molar-refractivity contribution < 1.29 is 20.2 Å². The number of carbonyl (C=O) groups excluding carboxylic acids is 1. The zero-order valence-corrected chi connectivity index (χ0v) is 10.2. The van der Waals surface area contributed by atoms with E-state index in [9.17, 15) is 13.2 Å². The average molecular weight is 223 g/mol. The van der Waals surface area contributed by atoms with Crippen LogP contribution in [0, 0.1) is 0 Å². The Hall–Kier alpha value is 0.640. The van der Waals surface area contributed by atoms with Gasteiger partial charge in [0, 0.05) is 6.92 Å². The van der Waals surface area contributed by atoms with Crippen molar-refractivity contribution in [2.75, 3.05) is 6.61 Å². The van der Waals surface area contributed by atoms with Crippen molar-refractivity contribution in [3.8, 4) is 0 Å². The Bertz CT molecular complexity index is 234. The van der Waals surface area contributed by atoms with Crippen LogP contribution >= 0.6 is 0 Å². The van der Waals surface area contributed by atoms with Gasteiger partial charge in [-0.25, -0.2) is 4.72 Å². The second-order valence-electron chi connectivity index (χ2n) is 1.93. The molecule has 7 heteroatoms. The molecular formula is C5H13CaNO4S. The summed E-state index contributed by atoms with van der Waals surface area (Å²) in [6, 6.07) is 0. The zero-order chi connectivity index (χ0) is 8.91. The van der Waals surface area contributed by atoms with Gasteiger partial charge in [0.1, 0.15) is 0 Å². The van der Waals surface area contributed by atoms with Gasteiger partial charge in [0.15, 0.2) is 0 Å². The van der Waals surface area contributed by atoms with Gasteiger partial charge >= 0.3 is 48.0 Å². The minimum Gasteiger partial charge on any atom is -1.00 e. The minimum atomic E-state index is -3.84. The predicted molar refractivity (Wildman–Crippen MR) is 47.0 cm³/mol. The van der Waals surface area contributed by atoms with Crippen LogP contribution in [0.4, 0.5) is 0 Å². The molecule has 0 heterocycles. The Labute approximate surface area is 105 Å². The van der Waals surface area contributed by atoms with Gasteiger partial charge in [-0.2, -0.15) is 8.42 Å². The largest absolute Gasteiger partial charge is 2.00 e. The number of amides is 1. The van der Waals surface area contributed by atoms with Crippen molar-refractivity contribution in [2.24, 2.45) is 0 Å². The summed E-state index contributed by atoms with van der Waals surface area (Å²) in [5.41, 5.74) is 0. The number of rotatable bonds is 4. The number of carbonyl (C=O) groups is 1. The molecule has 0 aliphatic heterocycles. The van der Waals surface area contributed by atoms with Crippen LogP contribution in [0.3, 0.4) is 0 Å². The maximum atomic E-state index is 10.6. The predicted octanol–water partition coefficient (Wildman–Crippen LogP) is -0.362. The van der Waals surface area contributed by atoms with Crippen LogP contribution in [0.25, 0.3) is 0 Å². The summed E-state index contributed by atoms with van der Waals surface area (Å²) < 4.78 is 27.3. The SMILES string of the molecule is CCCOS(=O)(=O)NC(C)=O.[Ca+2].[H-].[H-]. The molecule has 0 bridgehead atoms. The van der Waals surface area contributed by atoms with Crippen molar-refractivity contribution in [1.29, 1.82) is 0 Å². The summed E-state index contributed by atoms with van der Waals surface area (Å²) in [6.07, 6.45) is 0.582. The van der Waals surface area contributed by atoms with E-state index in [1.807, 2.05) is 0 Å². The van der Waals surface area contributed by atoms with Crippen LogP contribution in [-0.4, -0.2) is 58.7 Å². The molecular weight excluding hydrogens is 210 g/mol. The van der Waals surface area contributed by atoms with E-state index in [0.717, 1.165) is 6.92 Å². The van der Waals surface area contributed by atoms with E-state index < -0.39 is 16.2 Å². The van der Waals surface area contributed by atoms with Crippen molar-refractivity contribution in [3.63, 3.8) is 0 Å². The van der Waals surface area contributed by atoms with Gasteiger partial charge in [0.25, 0.3) is 0 Å². The molecule has 0 aliphatic rings. The third-order valence-corrected chi connectivity index (χ3v) is 1.73. The van der Waals surface area contributed by atoms with Gasteiger partial charge in [-0.05, 0) is 6.42 Å². The second-order valence-corrected chi connectivity index (χ2v) is 3.28. The fourth-order valence-corrected chi connectivity index (χ4v) is 1.20. The van der Waals surface area contributed by atoms with Gasteiger partial charge in [-0.1, -0.05) is 6.92 Å². The Kier molecular flexibility index (Phi) is 8.93.